The summed E-state index contributed by atoms with van der Waals surface area (Å²) < 4.78 is 70.0. The summed E-state index contributed by atoms with van der Waals surface area (Å²) in [5.74, 6) is -0.0721. The van der Waals surface area contributed by atoms with Crippen LogP contribution in [-0.4, -0.2) is 43.2 Å². The maximum atomic E-state index is 13.9. The van der Waals surface area contributed by atoms with E-state index in [0.717, 1.165) is 16.7 Å². The summed E-state index contributed by atoms with van der Waals surface area (Å²) in [4.78, 5) is 19.6. The number of alkyl halides is 5. The standard InChI is InChI=1S/C29H24F5N5O/c1-17-22-15-19(9-10-24(22)39(36-17)21-6-4-5-20(16-21)29(32,33)34)27(40)37-13-11-18(12-14-37)26-35-23-7-2-3-8-25(23)38(26)28(30)31/h2-10,15-16,18,28H,11-14H2,1H3. The van der Waals surface area contributed by atoms with Gasteiger partial charge < -0.3 is 4.90 Å². The molecular formula is C29H24F5N5O. The molecule has 0 bridgehead atoms. The van der Waals surface area contributed by atoms with Crippen LogP contribution in [0.5, 0.6) is 0 Å². The van der Waals surface area contributed by atoms with E-state index in [4.69, 9.17) is 0 Å². The summed E-state index contributed by atoms with van der Waals surface area (Å²) >= 11 is 0. The number of nitrogens with zero attached hydrogens (tertiary/aromatic N) is 5. The van der Waals surface area contributed by atoms with Gasteiger partial charge in [0.05, 0.1) is 33.5 Å². The van der Waals surface area contributed by atoms with Crippen molar-refractivity contribution >= 4 is 27.8 Å². The lowest BCUT2D eigenvalue weighted by atomic mass is 9.95. The van der Waals surface area contributed by atoms with E-state index in [0.29, 0.717) is 64.9 Å². The molecule has 3 aromatic carbocycles. The number of piperidine rings is 1. The maximum Gasteiger partial charge on any atom is 0.416 e. The summed E-state index contributed by atoms with van der Waals surface area (Å²) in [6.45, 7) is -0.206. The third-order valence-electron chi connectivity index (χ3n) is 7.50. The van der Waals surface area contributed by atoms with Gasteiger partial charge in [-0.1, -0.05) is 18.2 Å². The number of halogens is 5. The number of amides is 1. The van der Waals surface area contributed by atoms with Gasteiger partial charge in [0.15, 0.2) is 0 Å². The average Bonchev–Trinajstić information content (AvgIpc) is 3.50. The highest BCUT2D eigenvalue weighted by Gasteiger charge is 2.32. The fraction of sp³-hybridized carbons (Fsp3) is 0.276. The summed E-state index contributed by atoms with van der Waals surface area (Å²) in [6.07, 6.45) is -3.49. The van der Waals surface area contributed by atoms with Crippen molar-refractivity contribution in [3.05, 3.63) is 89.4 Å². The Labute approximate surface area is 225 Å². The molecule has 0 unspecified atom stereocenters. The normalized spacial score (nSPS) is 15.0. The first-order valence-electron chi connectivity index (χ1n) is 12.8. The number of imidazole rings is 1. The Hall–Kier alpha value is -4.28. The predicted octanol–water partition coefficient (Wildman–Crippen LogP) is 7.12. The Morgan fingerprint density at radius 2 is 1.70 bits per heavy atom. The van der Waals surface area contributed by atoms with Gasteiger partial charge in [-0.05, 0) is 68.3 Å². The van der Waals surface area contributed by atoms with Gasteiger partial charge in [0.25, 0.3) is 5.91 Å². The molecule has 6 rings (SSSR count). The summed E-state index contributed by atoms with van der Waals surface area (Å²) in [5, 5.41) is 5.09. The number of likely N-dealkylation sites (tertiary alicyclic amines) is 1. The Kier molecular flexibility index (Phi) is 6.31. The van der Waals surface area contributed by atoms with Crippen molar-refractivity contribution < 1.29 is 26.7 Å². The predicted molar refractivity (Wildman–Crippen MR) is 140 cm³/mol. The smallest absolute Gasteiger partial charge is 0.339 e. The lowest BCUT2D eigenvalue weighted by Gasteiger charge is -2.32. The fourth-order valence-electron chi connectivity index (χ4n) is 5.49. The van der Waals surface area contributed by atoms with Gasteiger partial charge in [0.1, 0.15) is 5.82 Å². The molecule has 0 N–H and O–H groups in total. The van der Waals surface area contributed by atoms with Gasteiger partial charge in [-0.25, -0.2) is 9.67 Å². The molecule has 0 atom stereocenters. The second-order valence-electron chi connectivity index (χ2n) is 9.95. The maximum absolute atomic E-state index is 13.9. The molecule has 40 heavy (non-hydrogen) atoms. The number of para-hydroxylation sites is 2. The van der Waals surface area contributed by atoms with Crippen LogP contribution in [-0.2, 0) is 6.18 Å². The third kappa shape index (κ3) is 4.48. The molecule has 1 amide bonds. The van der Waals surface area contributed by atoms with Crippen LogP contribution >= 0.6 is 0 Å². The molecule has 1 aliphatic heterocycles. The number of aryl methyl sites for hydroxylation is 1. The highest BCUT2D eigenvalue weighted by Crippen LogP contribution is 2.34. The van der Waals surface area contributed by atoms with E-state index in [1.54, 1.807) is 60.4 Å². The minimum Gasteiger partial charge on any atom is -0.339 e. The molecule has 1 aliphatic rings. The number of rotatable bonds is 4. The van der Waals surface area contributed by atoms with E-state index in [1.807, 2.05) is 0 Å². The van der Waals surface area contributed by atoms with Crippen LogP contribution in [0.2, 0.25) is 0 Å². The molecule has 0 spiro atoms. The minimum absolute atomic E-state index is 0.200. The topological polar surface area (TPSA) is 56.0 Å². The van der Waals surface area contributed by atoms with E-state index >= 15 is 0 Å². The molecule has 0 saturated carbocycles. The van der Waals surface area contributed by atoms with Crippen molar-refractivity contribution in [2.75, 3.05) is 13.1 Å². The lowest BCUT2D eigenvalue weighted by Crippen LogP contribution is -2.38. The van der Waals surface area contributed by atoms with Gasteiger partial charge in [0, 0.05) is 30.0 Å². The zero-order valence-corrected chi connectivity index (χ0v) is 21.4. The molecule has 5 aromatic rings. The lowest BCUT2D eigenvalue weighted by molar-refractivity contribution is -0.137. The molecule has 0 radical (unpaired) electrons. The highest BCUT2D eigenvalue weighted by atomic mass is 19.4. The van der Waals surface area contributed by atoms with Crippen molar-refractivity contribution in [1.29, 1.82) is 0 Å². The number of aromatic nitrogens is 4. The quantitative estimate of drug-likeness (QED) is 0.223. The molecule has 6 nitrogen and oxygen atoms in total. The van der Waals surface area contributed by atoms with E-state index < -0.39 is 18.3 Å². The number of hydrogen-bond acceptors (Lipinski definition) is 3. The van der Waals surface area contributed by atoms with Crippen LogP contribution in [0.1, 0.15) is 52.7 Å². The molecular weight excluding hydrogens is 529 g/mol. The number of hydrogen-bond donors (Lipinski definition) is 0. The van der Waals surface area contributed by atoms with E-state index in [-0.39, 0.29) is 17.5 Å². The summed E-state index contributed by atoms with van der Waals surface area (Å²) in [6, 6.07) is 16.8. The zero-order chi connectivity index (χ0) is 28.2. The molecule has 3 heterocycles. The molecule has 1 fully saturated rings. The Morgan fingerprint density at radius 3 is 2.42 bits per heavy atom. The number of benzene rings is 3. The first-order valence-corrected chi connectivity index (χ1v) is 12.8. The second kappa shape index (κ2) is 9.72. The number of fused-ring (bicyclic) bond motifs is 2. The number of carbonyl (C=O) groups excluding carboxylic acids is 1. The Bertz CT molecular complexity index is 1730. The van der Waals surface area contributed by atoms with Crippen LogP contribution in [0.15, 0.2) is 66.7 Å². The highest BCUT2D eigenvalue weighted by molar-refractivity contribution is 5.99. The average molecular weight is 554 g/mol. The van der Waals surface area contributed by atoms with Crippen LogP contribution in [0, 0.1) is 6.92 Å². The summed E-state index contributed by atoms with van der Waals surface area (Å²) in [5.41, 5.74) is 1.99. The van der Waals surface area contributed by atoms with Gasteiger partial charge in [-0.3, -0.25) is 9.36 Å². The van der Waals surface area contributed by atoms with Gasteiger partial charge >= 0.3 is 12.7 Å². The minimum atomic E-state index is -4.48. The van der Waals surface area contributed by atoms with E-state index in [9.17, 15) is 26.7 Å². The molecule has 206 valence electrons. The molecule has 2 aromatic heterocycles. The van der Waals surface area contributed by atoms with Crippen molar-refractivity contribution in [2.24, 2.45) is 0 Å². The largest absolute Gasteiger partial charge is 0.416 e. The third-order valence-corrected chi connectivity index (χ3v) is 7.50. The SMILES string of the molecule is Cc1nn(-c2cccc(C(F)(F)F)c2)c2ccc(C(=O)N3CCC(c4nc5ccccc5n4C(F)F)CC3)cc12. The van der Waals surface area contributed by atoms with Crippen LogP contribution in [0.4, 0.5) is 22.0 Å². The Balaban J connectivity index is 1.23. The van der Waals surface area contributed by atoms with Crippen molar-refractivity contribution in [3.63, 3.8) is 0 Å². The number of carbonyl (C=O) groups is 1. The van der Waals surface area contributed by atoms with Gasteiger partial charge in [0.2, 0.25) is 0 Å². The molecule has 0 aliphatic carbocycles. The van der Waals surface area contributed by atoms with E-state index in [1.165, 1.54) is 10.7 Å². The van der Waals surface area contributed by atoms with Crippen LogP contribution in [0.3, 0.4) is 0 Å². The first kappa shape index (κ1) is 26.0. The molecule has 1 saturated heterocycles. The van der Waals surface area contributed by atoms with Crippen LogP contribution < -0.4 is 0 Å². The van der Waals surface area contributed by atoms with Crippen molar-refractivity contribution in [3.8, 4) is 5.69 Å². The molecule has 11 heteroatoms. The Morgan fingerprint density at radius 1 is 0.950 bits per heavy atom. The zero-order valence-electron chi connectivity index (χ0n) is 21.4. The first-order chi connectivity index (χ1) is 19.1. The van der Waals surface area contributed by atoms with Crippen molar-refractivity contribution in [1.82, 2.24) is 24.2 Å². The van der Waals surface area contributed by atoms with E-state index in [2.05, 4.69) is 10.1 Å². The monoisotopic (exact) mass is 553 g/mol. The fourth-order valence-corrected chi connectivity index (χ4v) is 5.49. The summed E-state index contributed by atoms with van der Waals surface area (Å²) in [7, 11) is 0. The second-order valence-corrected chi connectivity index (χ2v) is 9.95. The van der Waals surface area contributed by atoms with Gasteiger partial charge in [-0.2, -0.15) is 27.1 Å². The van der Waals surface area contributed by atoms with Gasteiger partial charge in [-0.15, -0.1) is 0 Å². The van der Waals surface area contributed by atoms with Crippen molar-refractivity contribution in [2.45, 2.75) is 38.4 Å². The van der Waals surface area contributed by atoms with Crippen LogP contribution in [0.25, 0.3) is 27.6 Å².